The first kappa shape index (κ1) is 18.7. The molecule has 1 aliphatic heterocycles. The molecule has 2 fully saturated rings. The number of hydrogen-bond donors (Lipinski definition) is 1. The maximum Gasteiger partial charge on any atom is 0.317 e. The van der Waals surface area contributed by atoms with Gasteiger partial charge in [0.05, 0.1) is 5.92 Å². The molecule has 30 heavy (non-hydrogen) atoms. The van der Waals surface area contributed by atoms with E-state index >= 15 is 0 Å². The van der Waals surface area contributed by atoms with Crippen LogP contribution in [0.4, 0.5) is 4.79 Å². The fourth-order valence-corrected chi connectivity index (χ4v) is 4.49. The number of hydrogen-bond acceptors (Lipinski definition) is 6. The summed E-state index contributed by atoms with van der Waals surface area (Å²) in [5.74, 6) is 1.06. The number of pyridine rings is 2. The van der Waals surface area contributed by atoms with E-state index in [2.05, 4.69) is 25.4 Å². The lowest BCUT2D eigenvalue weighted by molar-refractivity contribution is 0.203. The Morgan fingerprint density at radius 3 is 2.60 bits per heavy atom. The molecule has 0 spiro atoms. The summed E-state index contributed by atoms with van der Waals surface area (Å²) < 4.78 is 5.66. The van der Waals surface area contributed by atoms with Gasteiger partial charge in [-0.05, 0) is 36.6 Å². The molecule has 2 aliphatic rings. The molecule has 3 aromatic heterocycles. The van der Waals surface area contributed by atoms with Crippen molar-refractivity contribution in [3.63, 3.8) is 0 Å². The number of carbonyl (C=O) groups is 1. The number of carbonyl (C=O) groups excluding carboxylic acids is 1. The zero-order valence-electron chi connectivity index (χ0n) is 16.6. The monoisotopic (exact) mass is 404 g/mol. The van der Waals surface area contributed by atoms with Crippen LogP contribution in [0, 0.1) is 0 Å². The summed E-state index contributed by atoms with van der Waals surface area (Å²) in [6.45, 7) is 1.14. The number of amides is 2. The average Bonchev–Trinajstić information content (AvgIpc) is 3.55. The van der Waals surface area contributed by atoms with Crippen molar-refractivity contribution in [3.8, 4) is 11.4 Å². The van der Waals surface area contributed by atoms with Gasteiger partial charge in [-0.25, -0.2) is 4.79 Å². The van der Waals surface area contributed by atoms with E-state index < -0.39 is 0 Å². The molecule has 1 N–H and O–H groups in total. The molecule has 1 saturated heterocycles. The Kier molecular flexibility index (Phi) is 5.13. The molecule has 2 atom stereocenters. The lowest BCUT2D eigenvalue weighted by Gasteiger charge is -2.20. The number of likely N-dealkylation sites (tertiary alicyclic amines) is 1. The van der Waals surface area contributed by atoms with Crippen molar-refractivity contribution >= 4 is 6.03 Å². The molecule has 8 nitrogen and oxygen atoms in total. The van der Waals surface area contributed by atoms with Crippen molar-refractivity contribution in [2.75, 3.05) is 13.1 Å². The van der Waals surface area contributed by atoms with Crippen molar-refractivity contribution in [3.05, 3.63) is 60.5 Å². The number of rotatable bonds is 4. The first-order chi connectivity index (χ1) is 14.8. The Morgan fingerprint density at radius 2 is 1.83 bits per heavy atom. The average molecular weight is 404 g/mol. The Bertz CT molecular complexity index is 987. The molecule has 3 aromatic rings. The van der Waals surface area contributed by atoms with Crippen LogP contribution in [0.3, 0.4) is 0 Å². The van der Waals surface area contributed by atoms with Gasteiger partial charge in [-0.1, -0.05) is 24.1 Å². The van der Waals surface area contributed by atoms with Gasteiger partial charge < -0.3 is 14.7 Å². The predicted octanol–water partition coefficient (Wildman–Crippen LogP) is 3.36. The summed E-state index contributed by atoms with van der Waals surface area (Å²) in [6, 6.07) is 7.95. The lowest BCUT2D eigenvalue weighted by Crippen LogP contribution is -2.43. The van der Waals surface area contributed by atoms with E-state index in [1.165, 1.54) is 12.8 Å². The molecule has 0 bridgehead atoms. The predicted molar refractivity (Wildman–Crippen MR) is 110 cm³/mol. The molecule has 5 rings (SSSR count). The van der Waals surface area contributed by atoms with Crippen molar-refractivity contribution in [1.82, 2.24) is 30.3 Å². The summed E-state index contributed by atoms with van der Waals surface area (Å²) in [4.78, 5) is 27.7. The Balaban J connectivity index is 1.40. The van der Waals surface area contributed by atoms with E-state index in [0.717, 1.165) is 24.0 Å². The van der Waals surface area contributed by atoms with Crippen molar-refractivity contribution in [2.45, 2.75) is 43.6 Å². The van der Waals surface area contributed by atoms with E-state index in [0.29, 0.717) is 24.8 Å². The van der Waals surface area contributed by atoms with Crippen LogP contribution in [-0.2, 0) is 0 Å². The number of nitrogens with one attached hydrogen (secondary N) is 1. The smallest absolute Gasteiger partial charge is 0.317 e. The maximum atomic E-state index is 12.9. The highest BCUT2D eigenvalue weighted by atomic mass is 16.5. The fraction of sp³-hybridized carbons (Fsp3) is 0.409. The Morgan fingerprint density at radius 1 is 1.03 bits per heavy atom. The van der Waals surface area contributed by atoms with Gasteiger partial charge in [-0.3, -0.25) is 9.97 Å². The Hall–Kier alpha value is -3.29. The minimum Gasteiger partial charge on any atom is -0.339 e. The van der Waals surface area contributed by atoms with E-state index in [-0.39, 0.29) is 23.9 Å². The van der Waals surface area contributed by atoms with Gasteiger partial charge in [-0.2, -0.15) is 4.98 Å². The molecule has 2 amide bonds. The van der Waals surface area contributed by atoms with Gasteiger partial charge in [0.25, 0.3) is 0 Å². The second-order valence-electron chi connectivity index (χ2n) is 8.03. The van der Waals surface area contributed by atoms with Crippen LogP contribution < -0.4 is 5.32 Å². The topological polar surface area (TPSA) is 97.0 Å². The minimum absolute atomic E-state index is 0.00726. The quantitative estimate of drug-likeness (QED) is 0.716. The molecule has 154 valence electrons. The van der Waals surface area contributed by atoms with E-state index in [1.807, 2.05) is 35.4 Å². The second-order valence-corrected chi connectivity index (χ2v) is 8.03. The van der Waals surface area contributed by atoms with Crippen molar-refractivity contribution < 1.29 is 9.32 Å². The molecular formula is C22H24N6O2. The maximum absolute atomic E-state index is 12.9. The summed E-state index contributed by atoms with van der Waals surface area (Å²) in [5, 5.41) is 7.36. The van der Waals surface area contributed by atoms with Gasteiger partial charge >= 0.3 is 6.03 Å². The van der Waals surface area contributed by atoms with Gasteiger partial charge in [0.2, 0.25) is 11.7 Å². The highest BCUT2D eigenvalue weighted by molar-refractivity contribution is 5.75. The van der Waals surface area contributed by atoms with Crippen LogP contribution in [0.2, 0.25) is 0 Å². The third kappa shape index (κ3) is 3.77. The molecule has 0 radical (unpaired) electrons. The summed E-state index contributed by atoms with van der Waals surface area (Å²) in [6.07, 6.45) is 11.5. The summed E-state index contributed by atoms with van der Waals surface area (Å²) >= 11 is 0. The van der Waals surface area contributed by atoms with Gasteiger partial charge in [0.1, 0.15) is 0 Å². The normalized spacial score (nSPS) is 21.8. The first-order valence-electron chi connectivity index (χ1n) is 10.5. The number of aromatic nitrogens is 4. The van der Waals surface area contributed by atoms with E-state index in [4.69, 9.17) is 4.52 Å². The number of urea groups is 1. The van der Waals surface area contributed by atoms with Crippen molar-refractivity contribution in [2.24, 2.45) is 0 Å². The fourth-order valence-electron chi connectivity index (χ4n) is 4.49. The van der Waals surface area contributed by atoms with Crippen LogP contribution in [0.25, 0.3) is 11.4 Å². The standard InChI is InChI=1S/C22H24N6O2/c29-22(25-17-5-1-2-6-17)28-13-18(16-4-3-9-24-12-16)19(14-28)21-26-20(27-30-21)15-7-10-23-11-8-15/h3-4,7-12,17-19H,1-2,5-6,13-14H2,(H,25,29)/t18-,19+/m0/s1. The molecule has 4 heterocycles. The summed E-state index contributed by atoms with van der Waals surface area (Å²) in [5.41, 5.74) is 1.93. The zero-order chi connectivity index (χ0) is 20.3. The van der Waals surface area contributed by atoms with E-state index in [1.54, 1.807) is 18.6 Å². The third-order valence-electron chi connectivity index (χ3n) is 6.10. The highest BCUT2D eigenvalue weighted by Crippen LogP contribution is 2.39. The molecule has 1 saturated carbocycles. The van der Waals surface area contributed by atoms with E-state index in [9.17, 15) is 4.79 Å². The number of nitrogens with zero attached hydrogens (tertiary/aromatic N) is 5. The molecule has 1 aliphatic carbocycles. The zero-order valence-corrected chi connectivity index (χ0v) is 16.6. The SMILES string of the molecule is O=C(NC1CCCC1)N1C[C@@H](c2cccnc2)[C@H](c2nc(-c3ccncc3)no2)C1. The van der Waals surface area contributed by atoms with Gasteiger partial charge in [-0.15, -0.1) is 0 Å². The largest absolute Gasteiger partial charge is 0.339 e. The molecule has 8 heteroatoms. The third-order valence-corrected chi connectivity index (χ3v) is 6.10. The second kappa shape index (κ2) is 8.22. The van der Waals surface area contributed by atoms with Crippen LogP contribution in [0.1, 0.15) is 49.0 Å². The van der Waals surface area contributed by atoms with Gasteiger partial charge in [0.15, 0.2) is 0 Å². The Labute approximate surface area is 174 Å². The first-order valence-corrected chi connectivity index (χ1v) is 10.5. The summed E-state index contributed by atoms with van der Waals surface area (Å²) in [7, 11) is 0. The minimum atomic E-state index is -0.0772. The molecule has 0 aromatic carbocycles. The lowest BCUT2D eigenvalue weighted by atomic mass is 9.90. The van der Waals surface area contributed by atoms with Gasteiger partial charge in [0, 0.05) is 55.4 Å². The molecule has 0 unspecified atom stereocenters. The molecular weight excluding hydrogens is 380 g/mol. The van der Waals surface area contributed by atoms with Crippen LogP contribution in [-0.4, -0.2) is 50.2 Å². The van der Waals surface area contributed by atoms with Crippen LogP contribution in [0.15, 0.2) is 53.6 Å². The van der Waals surface area contributed by atoms with Crippen LogP contribution >= 0.6 is 0 Å². The van der Waals surface area contributed by atoms with Crippen LogP contribution in [0.5, 0.6) is 0 Å². The van der Waals surface area contributed by atoms with Crippen molar-refractivity contribution in [1.29, 1.82) is 0 Å². The highest BCUT2D eigenvalue weighted by Gasteiger charge is 2.41.